The lowest BCUT2D eigenvalue weighted by Gasteiger charge is -2.18. The normalized spacial score (nSPS) is 21.5. The highest BCUT2D eigenvalue weighted by molar-refractivity contribution is 7.11. The van der Waals surface area contributed by atoms with E-state index in [0.29, 0.717) is 6.54 Å². The molecule has 15 heavy (non-hydrogen) atoms. The average Bonchev–Trinajstić information content (AvgIpc) is 2.61. The van der Waals surface area contributed by atoms with E-state index in [9.17, 15) is 0 Å². The Balaban J connectivity index is 2.30. The molecule has 1 aromatic rings. The van der Waals surface area contributed by atoms with Crippen LogP contribution < -0.4 is 5.73 Å². The first-order chi connectivity index (χ1) is 7.03. The number of fused-ring (bicyclic) bond motifs is 1. The van der Waals surface area contributed by atoms with E-state index >= 15 is 0 Å². The minimum atomic E-state index is 0.0469. The Labute approximate surface area is 95.9 Å². The van der Waals surface area contributed by atoms with Gasteiger partial charge in [0.2, 0.25) is 0 Å². The van der Waals surface area contributed by atoms with Crippen LogP contribution >= 0.6 is 11.3 Å². The summed E-state index contributed by atoms with van der Waals surface area (Å²) in [4.78, 5) is 6.27. The lowest BCUT2D eigenvalue weighted by atomic mass is 9.92. The van der Waals surface area contributed by atoms with E-state index in [1.807, 2.05) is 11.3 Å². The largest absolute Gasteiger partial charge is 0.330 e. The van der Waals surface area contributed by atoms with Crippen molar-refractivity contribution in [3.8, 4) is 0 Å². The second-order valence-corrected chi connectivity index (χ2v) is 6.41. The van der Waals surface area contributed by atoms with E-state index in [-0.39, 0.29) is 5.41 Å². The van der Waals surface area contributed by atoms with Gasteiger partial charge < -0.3 is 5.73 Å². The summed E-state index contributed by atoms with van der Waals surface area (Å²) in [6.45, 7) is 7.37. The summed E-state index contributed by atoms with van der Waals surface area (Å²) >= 11 is 1.88. The van der Waals surface area contributed by atoms with Gasteiger partial charge in [-0.2, -0.15) is 0 Å². The summed E-state index contributed by atoms with van der Waals surface area (Å²) in [5.74, 6) is 0.826. The second kappa shape index (κ2) is 3.87. The van der Waals surface area contributed by atoms with E-state index in [1.165, 1.54) is 28.4 Å². The van der Waals surface area contributed by atoms with Gasteiger partial charge in [0.15, 0.2) is 0 Å². The molecule has 1 aromatic heterocycles. The minimum Gasteiger partial charge on any atom is -0.330 e. The molecular weight excluding hydrogens is 204 g/mol. The van der Waals surface area contributed by atoms with Crippen LogP contribution in [-0.2, 0) is 18.3 Å². The van der Waals surface area contributed by atoms with E-state index in [4.69, 9.17) is 10.7 Å². The van der Waals surface area contributed by atoms with Crippen molar-refractivity contribution in [2.45, 2.75) is 45.4 Å². The quantitative estimate of drug-likeness (QED) is 0.838. The van der Waals surface area contributed by atoms with E-state index in [2.05, 4.69) is 20.8 Å². The summed E-state index contributed by atoms with van der Waals surface area (Å²) in [7, 11) is 0. The summed E-state index contributed by atoms with van der Waals surface area (Å²) in [5, 5.41) is 1.23. The molecule has 0 amide bonds. The van der Waals surface area contributed by atoms with Crippen LogP contribution in [0.15, 0.2) is 0 Å². The van der Waals surface area contributed by atoms with Gasteiger partial charge in [-0.3, -0.25) is 0 Å². The minimum absolute atomic E-state index is 0.0469. The summed E-state index contributed by atoms with van der Waals surface area (Å²) < 4.78 is 0. The molecule has 1 heterocycles. The van der Waals surface area contributed by atoms with Crippen LogP contribution in [0.4, 0.5) is 0 Å². The van der Waals surface area contributed by atoms with Crippen LogP contribution in [0.1, 0.15) is 42.8 Å². The Morgan fingerprint density at radius 2 is 2.27 bits per heavy atom. The third-order valence-electron chi connectivity index (χ3n) is 3.28. The SMILES string of the molecule is CC1CCc2nc(C(C)(C)CN)sc2C1. The first kappa shape index (κ1) is 11.1. The predicted molar refractivity (Wildman–Crippen MR) is 65.4 cm³/mol. The first-order valence-electron chi connectivity index (χ1n) is 5.72. The highest BCUT2D eigenvalue weighted by atomic mass is 32.1. The van der Waals surface area contributed by atoms with Crippen molar-refractivity contribution in [2.75, 3.05) is 6.54 Å². The fourth-order valence-electron chi connectivity index (χ4n) is 1.92. The molecule has 0 bridgehead atoms. The average molecular weight is 224 g/mol. The van der Waals surface area contributed by atoms with Crippen LogP contribution in [0, 0.1) is 5.92 Å². The van der Waals surface area contributed by atoms with Crippen molar-refractivity contribution < 1.29 is 0 Å². The first-order valence-corrected chi connectivity index (χ1v) is 6.53. The van der Waals surface area contributed by atoms with Crippen molar-refractivity contribution in [1.82, 2.24) is 4.98 Å². The molecule has 0 aromatic carbocycles. The lowest BCUT2D eigenvalue weighted by Crippen LogP contribution is -2.27. The summed E-state index contributed by atoms with van der Waals surface area (Å²) in [6.07, 6.45) is 3.67. The molecule has 0 fully saturated rings. The standard InChI is InChI=1S/C12H20N2S/c1-8-4-5-9-10(6-8)15-11(14-9)12(2,3)7-13/h8H,4-7,13H2,1-3H3. The molecule has 0 spiro atoms. The molecule has 0 saturated carbocycles. The second-order valence-electron chi connectivity index (χ2n) is 5.32. The highest BCUT2D eigenvalue weighted by Gasteiger charge is 2.27. The number of nitrogens with two attached hydrogens (primary N) is 1. The van der Waals surface area contributed by atoms with Gasteiger partial charge in [-0.15, -0.1) is 11.3 Å². The van der Waals surface area contributed by atoms with Crippen molar-refractivity contribution in [3.05, 3.63) is 15.6 Å². The van der Waals surface area contributed by atoms with Gasteiger partial charge in [0.25, 0.3) is 0 Å². The Kier molecular flexibility index (Phi) is 2.86. The molecule has 2 nitrogen and oxygen atoms in total. The van der Waals surface area contributed by atoms with Crippen molar-refractivity contribution >= 4 is 11.3 Å². The van der Waals surface area contributed by atoms with Gasteiger partial charge in [0.05, 0.1) is 10.7 Å². The van der Waals surface area contributed by atoms with Crippen LogP contribution in [0.2, 0.25) is 0 Å². The van der Waals surface area contributed by atoms with Gasteiger partial charge in [-0.25, -0.2) is 4.98 Å². The number of hydrogen-bond acceptors (Lipinski definition) is 3. The zero-order valence-corrected chi connectivity index (χ0v) is 10.7. The number of nitrogens with zero attached hydrogens (tertiary/aromatic N) is 1. The third kappa shape index (κ3) is 2.08. The van der Waals surface area contributed by atoms with Gasteiger partial charge in [0.1, 0.15) is 0 Å². The smallest absolute Gasteiger partial charge is 0.1000 e. The molecule has 1 aliphatic carbocycles. The van der Waals surface area contributed by atoms with Crippen molar-refractivity contribution in [1.29, 1.82) is 0 Å². The van der Waals surface area contributed by atoms with Crippen LogP contribution in [0.25, 0.3) is 0 Å². The molecule has 1 aliphatic rings. The third-order valence-corrected chi connectivity index (χ3v) is 4.76. The molecular formula is C12H20N2S. The number of thiazole rings is 1. The Morgan fingerprint density at radius 3 is 2.93 bits per heavy atom. The fourth-order valence-corrected chi connectivity index (χ4v) is 3.30. The maximum atomic E-state index is 5.79. The molecule has 0 saturated heterocycles. The lowest BCUT2D eigenvalue weighted by molar-refractivity contribution is 0.497. The molecule has 0 radical (unpaired) electrons. The number of aromatic nitrogens is 1. The highest BCUT2D eigenvalue weighted by Crippen LogP contribution is 2.34. The van der Waals surface area contributed by atoms with Gasteiger partial charge in [-0.05, 0) is 25.2 Å². The van der Waals surface area contributed by atoms with E-state index in [0.717, 1.165) is 12.3 Å². The molecule has 2 rings (SSSR count). The van der Waals surface area contributed by atoms with Crippen LogP contribution in [-0.4, -0.2) is 11.5 Å². The fraction of sp³-hybridized carbons (Fsp3) is 0.750. The van der Waals surface area contributed by atoms with Gasteiger partial charge in [0, 0.05) is 16.8 Å². The Hall–Kier alpha value is -0.410. The Morgan fingerprint density at radius 1 is 1.53 bits per heavy atom. The molecule has 1 atom stereocenters. The maximum absolute atomic E-state index is 5.79. The monoisotopic (exact) mass is 224 g/mol. The maximum Gasteiger partial charge on any atom is 0.1000 e. The van der Waals surface area contributed by atoms with Crippen LogP contribution in [0.5, 0.6) is 0 Å². The summed E-state index contributed by atoms with van der Waals surface area (Å²) in [6, 6.07) is 0. The van der Waals surface area contributed by atoms with E-state index < -0.39 is 0 Å². The van der Waals surface area contributed by atoms with Crippen molar-refractivity contribution in [3.63, 3.8) is 0 Å². The molecule has 0 aliphatic heterocycles. The zero-order valence-electron chi connectivity index (χ0n) is 9.84. The van der Waals surface area contributed by atoms with Crippen molar-refractivity contribution in [2.24, 2.45) is 11.7 Å². The molecule has 84 valence electrons. The predicted octanol–water partition coefficient (Wildman–Crippen LogP) is 2.50. The number of rotatable bonds is 2. The van der Waals surface area contributed by atoms with Crippen LogP contribution in [0.3, 0.4) is 0 Å². The van der Waals surface area contributed by atoms with E-state index in [1.54, 1.807) is 0 Å². The number of hydrogen-bond donors (Lipinski definition) is 1. The molecule has 2 N–H and O–H groups in total. The molecule has 1 unspecified atom stereocenters. The number of aryl methyl sites for hydroxylation is 1. The zero-order chi connectivity index (χ0) is 11.1. The summed E-state index contributed by atoms with van der Waals surface area (Å²) in [5.41, 5.74) is 7.18. The topological polar surface area (TPSA) is 38.9 Å². The van der Waals surface area contributed by atoms with Gasteiger partial charge in [-0.1, -0.05) is 20.8 Å². The Bertz CT molecular complexity index is 355. The van der Waals surface area contributed by atoms with Gasteiger partial charge >= 0.3 is 0 Å². The molecule has 3 heteroatoms.